The summed E-state index contributed by atoms with van der Waals surface area (Å²) in [5.74, 6) is -0.756. The van der Waals surface area contributed by atoms with E-state index in [1.54, 1.807) is 6.92 Å². The van der Waals surface area contributed by atoms with Crippen LogP contribution in [0.2, 0.25) is 0 Å². The molecule has 0 spiro atoms. The van der Waals surface area contributed by atoms with Crippen molar-refractivity contribution in [2.75, 3.05) is 18.0 Å². The molecule has 1 saturated heterocycles. The van der Waals surface area contributed by atoms with Gasteiger partial charge >= 0.3 is 5.97 Å². The zero-order valence-electron chi connectivity index (χ0n) is 10.8. The predicted molar refractivity (Wildman–Crippen MR) is 71.2 cm³/mol. The van der Waals surface area contributed by atoms with E-state index in [1.807, 2.05) is 29.2 Å². The lowest BCUT2D eigenvalue weighted by Crippen LogP contribution is -2.46. The number of hydrogen-bond donors (Lipinski definition) is 1. The minimum absolute atomic E-state index is 0.440. The molecule has 1 unspecified atom stereocenters. The molecule has 0 radical (unpaired) electrons. The zero-order chi connectivity index (χ0) is 13.5. The summed E-state index contributed by atoms with van der Waals surface area (Å²) in [6, 6.07) is 8.09. The Labute approximate surface area is 110 Å². The average Bonchev–Trinajstić information content (AvgIpc) is 2.82. The molecule has 2 aromatic rings. The molecule has 1 N–H and O–H groups in total. The Morgan fingerprint density at radius 2 is 2.26 bits per heavy atom. The van der Waals surface area contributed by atoms with Crippen molar-refractivity contribution in [1.29, 1.82) is 0 Å². The van der Waals surface area contributed by atoms with Crippen molar-refractivity contribution < 1.29 is 14.3 Å². The molecule has 19 heavy (non-hydrogen) atoms. The fourth-order valence-electron chi connectivity index (χ4n) is 2.57. The number of carboxylic acids is 1. The van der Waals surface area contributed by atoms with Crippen LogP contribution >= 0.6 is 0 Å². The fourth-order valence-corrected chi connectivity index (χ4v) is 2.57. The van der Waals surface area contributed by atoms with Crippen LogP contribution in [-0.4, -0.2) is 29.1 Å². The SMILES string of the molecule is CC1(C(=O)O)CCCN(c2nc3ccccc3o2)C1. The molecular formula is C14H16N2O3. The van der Waals surface area contributed by atoms with Gasteiger partial charge in [0.25, 0.3) is 6.01 Å². The number of hydrogen-bond acceptors (Lipinski definition) is 4. The number of carbonyl (C=O) groups is 1. The number of fused-ring (bicyclic) bond motifs is 1. The number of para-hydroxylation sites is 2. The van der Waals surface area contributed by atoms with E-state index in [9.17, 15) is 9.90 Å². The highest BCUT2D eigenvalue weighted by Gasteiger charge is 2.39. The number of anilines is 1. The van der Waals surface area contributed by atoms with Gasteiger partial charge < -0.3 is 14.4 Å². The minimum Gasteiger partial charge on any atom is -0.481 e. The van der Waals surface area contributed by atoms with Gasteiger partial charge in [0.1, 0.15) is 5.52 Å². The van der Waals surface area contributed by atoms with Gasteiger partial charge in [-0.1, -0.05) is 12.1 Å². The van der Waals surface area contributed by atoms with Crippen LogP contribution in [0, 0.1) is 5.41 Å². The van der Waals surface area contributed by atoms with E-state index in [0.717, 1.165) is 24.1 Å². The van der Waals surface area contributed by atoms with Gasteiger partial charge in [-0.2, -0.15) is 4.98 Å². The second kappa shape index (κ2) is 4.26. The first-order chi connectivity index (χ1) is 9.08. The van der Waals surface area contributed by atoms with Crippen molar-refractivity contribution in [3.05, 3.63) is 24.3 Å². The van der Waals surface area contributed by atoms with Crippen molar-refractivity contribution >= 4 is 23.1 Å². The maximum atomic E-state index is 11.3. The van der Waals surface area contributed by atoms with Gasteiger partial charge in [-0.25, -0.2) is 0 Å². The van der Waals surface area contributed by atoms with Gasteiger partial charge in [0.2, 0.25) is 0 Å². The monoisotopic (exact) mass is 260 g/mol. The Balaban J connectivity index is 1.91. The number of carboxylic acid groups (broad SMARTS) is 1. The van der Waals surface area contributed by atoms with Gasteiger partial charge in [-0.15, -0.1) is 0 Å². The molecule has 0 bridgehead atoms. The number of benzene rings is 1. The number of nitrogens with zero attached hydrogens (tertiary/aromatic N) is 2. The van der Waals surface area contributed by atoms with Crippen LogP contribution in [0.1, 0.15) is 19.8 Å². The molecule has 1 aromatic heterocycles. The largest absolute Gasteiger partial charge is 0.481 e. The third kappa shape index (κ3) is 2.05. The van der Waals surface area contributed by atoms with Crippen molar-refractivity contribution in [2.24, 2.45) is 5.41 Å². The molecule has 5 heteroatoms. The van der Waals surface area contributed by atoms with Gasteiger partial charge in [-0.3, -0.25) is 4.79 Å². The van der Waals surface area contributed by atoms with Crippen LogP contribution in [-0.2, 0) is 4.79 Å². The summed E-state index contributed by atoms with van der Waals surface area (Å²) in [5, 5.41) is 9.32. The summed E-state index contributed by atoms with van der Waals surface area (Å²) >= 11 is 0. The normalized spacial score (nSPS) is 23.7. The molecule has 1 atom stereocenters. The summed E-state index contributed by atoms with van der Waals surface area (Å²) in [6.45, 7) is 3.01. The Hall–Kier alpha value is -2.04. The molecule has 5 nitrogen and oxygen atoms in total. The van der Waals surface area contributed by atoms with Crippen LogP contribution in [0.15, 0.2) is 28.7 Å². The molecule has 0 aliphatic carbocycles. The molecule has 0 saturated carbocycles. The molecular weight excluding hydrogens is 244 g/mol. The second-order valence-corrected chi connectivity index (χ2v) is 5.36. The van der Waals surface area contributed by atoms with E-state index in [-0.39, 0.29) is 0 Å². The molecule has 1 aliphatic rings. The summed E-state index contributed by atoms with van der Waals surface area (Å²) in [7, 11) is 0. The highest BCUT2D eigenvalue weighted by atomic mass is 16.4. The second-order valence-electron chi connectivity index (χ2n) is 5.36. The molecule has 1 fully saturated rings. The van der Waals surface area contributed by atoms with Gasteiger partial charge in [0.15, 0.2) is 5.58 Å². The quantitative estimate of drug-likeness (QED) is 0.898. The fraction of sp³-hybridized carbons (Fsp3) is 0.429. The van der Waals surface area contributed by atoms with Crippen molar-refractivity contribution in [2.45, 2.75) is 19.8 Å². The molecule has 1 aromatic carbocycles. The van der Waals surface area contributed by atoms with Crippen LogP contribution in [0.3, 0.4) is 0 Å². The van der Waals surface area contributed by atoms with E-state index in [2.05, 4.69) is 4.98 Å². The maximum Gasteiger partial charge on any atom is 0.311 e. The van der Waals surface area contributed by atoms with Crippen molar-refractivity contribution in [3.63, 3.8) is 0 Å². The lowest BCUT2D eigenvalue weighted by Gasteiger charge is -2.36. The summed E-state index contributed by atoms with van der Waals surface area (Å²) in [6.07, 6.45) is 1.53. The zero-order valence-corrected chi connectivity index (χ0v) is 10.8. The lowest BCUT2D eigenvalue weighted by atomic mass is 9.82. The number of piperidine rings is 1. The van der Waals surface area contributed by atoms with Crippen LogP contribution in [0.25, 0.3) is 11.1 Å². The van der Waals surface area contributed by atoms with Gasteiger partial charge in [-0.05, 0) is 31.9 Å². The van der Waals surface area contributed by atoms with E-state index < -0.39 is 11.4 Å². The number of oxazole rings is 1. The predicted octanol–water partition coefficient (Wildman–Crippen LogP) is 2.52. The number of aliphatic carboxylic acids is 1. The molecule has 100 valence electrons. The Bertz CT molecular complexity index is 589. The molecule has 0 amide bonds. The average molecular weight is 260 g/mol. The number of aromatic nitrogens is 1. The van der Waals surface area contributed by atoms with E-state index in [0.29, 0.717) is 19.0 Å². The van der Waals surface area contributed by atoms with Crippen LogP contribution in [0.5, 0.6) is 0 Å². The minimum atomic E-state index is -0.756. The molecule has 3 rings (SSSR count). The highest BCUT2D eigenvalue weighted by Crippen LogP contribution is 2.33. The van der Waals surface area contributed by atoms with Gasteiger partial charge in [0.05, 0.1) is 5.41 Å². The Morgan fingerprint density at radius 1 is 1.47 bits per heavy atom. The maximum absolute atomic E-state index is 11.3. The number of rotatable bonds is 2. The van der Waals surface area contributed by atoms with Crippen LogP contribution < -0.4 is 4.90 Å². The summed E-state index contributed by atoms with van der Waals surface area (Å²) in [5.41, 5.74) is 0.819. The van der Waals surface area contributed by atoms with Crippen molar-refractivity contribution in [3.8, 4) is 0 Å². The van der Waals surface area contributed by atoms with E-state index >= 15 is 0 Å². The Kier molecular flexibility index (Phi) is 2.69. The van der Waals surface area contributed by atoms with Gasteiger partial charge in [0, 0.05) is 13.1 Å². The van der Waals surface area contributed by atoms with E-state index in [1.165, 1.54) is 0 Å². The first-order valence-corrected chi connectivity index (χ1v) is 6.42. The highest BCUT2D eigenvalue weighted by molar-refractivity contribution is 5.76. The van der Waals surface area contributed by atoms with Crippen molar-refractivity contribution in [1.82, 2.24) is 4.98 Å². The van der Waals surface area contributed by atoms with E-state index in [4.69, 9.17) is 4.42 Å². The standard InChI is InChI=1S/C14H16N2O3/c1-14(12(17)18)7-4-8-16(9-14)13-15-10-5-2-3-6-11(10)19-13/h2-3,5-6H,4,7-9H2,1H3,(H,17,18). The molecule has 2 heterocycles. The molecule has 1 aliphatic heterocycles. The third-order valence-corrected chi connectivity index (χ3v) is 3.77. The topological polar surface area (TPSA) is 66.6 Å². The first kappa shape index (κ1) is 12.0. The Morgan fingerprint density at radius 3 is 3.00 bits per heavy atom. The first-order valence-electron chi connectivity index (χ1n) is 6.42. The summed E-state index contributed by atoms with van der Waals surface area (Å²) in [4.78, 5) is 17.7. The lowest BCUT2D eigenvalue weighted by molar-refractivity contribution is -0.148. The third-order valence-electron chi connectivity index (χ3n) is 3.77. The smallest absolute Gasteiger partial charge is 0.311 e. The van der Waals surface area contributed by atoms with Crippen LogP contribution in [0.4, 0.5) is 6.01 Å². The summed E-state index contributed by atoms with van der Waals surface area (Å²) < 4.78 is 5.70.